The van der Waals surface area contributed by atoms with Gasteiger partial charge in [0.1, 0.15) is 5.82 Å². The van der Waals surface area contributed by atoms with E-state index in [0.29, 0.717) is 6.61 Å². The highest BCUT2D eigenvalue weighted by atomic mass is 127. The molecule has 130 valence electrons. The van der Waals surface area contributed by atoms with E-state index in [1.165, 1.54) is 24.8 Å². The number of anilines is 1. The monoisotopic (exact) mass is 433 g/mol. The number of piperidine rings is 1. The van der Waals surface area contributed by atoms with Crippen molar-refractivity contribution in [1.82, 2.24) is 15.6 Å². The van der Waals surface area contributed by atoms with Crippen LogP contribution in [-0.4, -0.2) is 51.3 Å². The first-order valence-electron chi connectivity index (χ1n) is 7.97. The van der Waals surface area contributed by atoms with Crippen LogP contribution < -0.4 is 15.5 Å². The molecule has 7 heteroatoms. The third-order valence-electron chi connectivity index (χ3n) is 3.77. The summed E-state index contributed by atoms with van der Waals surface area (Å²) in [6, 6.07) is 4.21. The van der Waals surface area contributed by atoms with E-state index in [-0.39, 0.29) is 24.0 Å². The second kappa shape index (κ2) is 11.4. The van der Waals surface area contributed by atoms with Crippen LogP contribution >= 0.6 is 24.0 Å². The van der Waals surface area contributed by atoms with Gasteiger partial charge in [0.25, 0.3) is 0 Å². The molecule has 0 aliphatic carbocycles. The molecule has 1 aromatic rings. The van der Waals surface area contributed by atoms with Crippen molar-refractivity contribution < 1.29 is 4.74 Å². The van der Waals surface area contributed by atoms with Crippen LogP contribution in [0.1, 0.15) is 24.8 Å². The van der Waals surface area contributed by atoms with Crippen LogP contribution in [-0.2, 0) is 11.3 Å². The smallest absolute Gasteiger partial charge is 0.191 e. The molecule has 6 nitrogen and oxygen atoms in total. The van der Waals surface area contributed by atoms with Gasteiger partial charge in [-0.3, -0.25) is 4.99 Å². The summed E-state index contributed by atoms with van der Waals surface area (Å²) in [5.41, 5.74) is 1.21. The third kappa shape index (κ3) is 6.90. The fourth-order valence-electron chi connectivity index (χ4n) is 2.54. The van der Waals surface area contributed by atoms with E-state index in [4.69, 9.17) is 4.74 Å². The lowest BCUT2D eigenvalue weighted by Crippen LogP contribution is -2.38. The summed E-state index contributed by atoms with van der Waals surface area (Å²) in [5, 5.41) is 6.52. The first kappa shape index (κ1) is 20.0. The molecule has 2 rings (SSSR count). The highest BCUT2D eigenvalue weighted by Gasteiger charge is 2.12. The van der Waals surface area contributed by atoms with Crippen molar-refractivity contribution in [2.24, 2.45) is 4.99 Å². The van der Waals surface area contributed by atoms with Crippen LogP contribution in [0.4, 0.5) is 5.82 Å². The number of nitrogens with zero attached hydrogens (tertiary/aromatic N) is 3. The van der Waals surface area contributed by atoms with Crippen LogP contribution in [0.25, 0.3) is 0 Å². The third-order valence-corrected chi connectivity index (χ3v) is 3.77. The Morgan fingerprint density at radius 1 is 1.30 bits per heavy atom. The van der Waals surface area contributed by atoms with Crippen molar-refractivity contribution in [2.45, 2.75) is 25.8 Å². The highest BCUT2D eigenvalue weighted by molar-refractivity contribution is 14.0. The lowest BCUT2D eigenvalue weighted by atomic mass is 10.1. The van der Waals surface area contributed by atoms with Crippen molar-refractivity contribution in [3.8, 4) is 0 Å². The van der Waals surface area contributed by atoms with Gasteiger partial charge in [-0.25, -0.2) is 4.98 Å². The first-order valence-corrected chi connectivity index (χ1v) is 7.97. The van der Waals surface area contributed by atoms with E-state index >= 15 is 0 Å². The summed E-state index contributed by atoms with van der Waals surface area (Å²) in [7, 11) is 3.46. The second-order valence-electron chi connectivity index (χ2n) is 5.42. The van der Waals surface area contributed by atoms with Crippen molar-refractivity contribution in [3.63, 3.8) is 0 Å². The molecule has 2 N–H and O–H groups in total. The molecule has 0 bridgehead atoms. The number of halogens is 1. The number of aliphatic imine (C=N–C) groups is 1. The minimum Gasteiger partial charge on any atom is -0.383 e. The van der Waals surface area contributed by atoms with Crippen LogP contribution in [0.3, 0.4) is 0 Å². The van der Waals surface area contributed by atoms with Crippen LogP contribution in [0.15, 0.2) is 23.3 Å². The van der Waals surface area contributed by atoms with E-state index in [9.17, 15) is 0 Å². The van der Waals surface area contributed by atoms with Gasteiger partial charge in [0.2, 0.25) is 0 Å². The number of nitrogens with one attached hydrogen (secondary N) is 2. The van der Waals surface area contributed by atoms with E-state index in [2.05, 4.69) is 31.6 Å². The topological polar surface area (TPSA) is 61.8 Å². The minimum absolute atomic E-state index is 0. The molecular formula is C16H28IN5O. The Bertz CT molecular complexity index is 477. The number of hydrogen-bond donors (Lipinski definition) is 2. The SMILES string of the molecule is CN=C(NCCOC)NCc1ccnc(N2CCCCC2)c1.I. The van der Waals surface area contributed by atoms with Gasteiger partial charge in [-0.2, -0.15) is 0 Å². The van der Waals surface area contributed by atoms with Gasteiger partial charge in [0.05, 0.1) is 6.61 Å². The Labute approximate surface area is 156 Å². The predicted octanol–water partition coefficient (Wildman–Crippen LogP) is 2.00. The number of pyridine rings is 1. The fourth-order valence-corrected chi connectivity index (χ4v) is 2.54. The Hall–Kier alpha value is -1.09. The van der Waals surface area contributed by atoms with Crippen molar-refractivity contribution >= 4 is 35.8 Å². The van der Waals surface area contributed by atoms with Gasteiger partial charge in [0, 0.05) is 46.5 Å². The predicted molar refractivity (Wildman–Crippen MR) is 106 cm³/mol. The highest BCUT2D eigenvalue weighted by Crippen LogP contribution is 2.18. The van der Waals surface area contributed by atoms with Gasteiger partial charge in [-0.15, -0.1) is 24.0 Å². The van der Waals surface area contributed by atoms with Gasteiger partial charge in [-0.05, 0) is 37.0 Å². The summed E-state index contributed by atoms with van der Waals surface area (Å²) in [6.07, 6.45) is 5.75. The molecule has 0 radical (unpaired) electrons. The summed E-state index contributed by atoms with van der Waals surface area (Å²) >= 11 is 0. The Morgan fingerprint density at radius 2 is 2.09 bits per heavy atom. The number of aromatic nitrogens is 1. The molecule has 1 fully saturated rings. The molecule has 0 amide bonds. The number of rotatable bonds is 6. The molecule has 1 saturated heterocycles. The normalized spacial score (nSPS) is 15.0. The van der Waals surface area contributed by atoms with E-state index in [1.54, 1.807) is 14.2 Å². The summed E-state index contributed by atoms with van der Waals surface area (Å²) in [6.45, 7) is 4.37. The molecule has 0 saturated carbocycles. The lowest BCUT2D eigenvalue weighted by Gasteiger charge is -2.28. The van der Waals surface area contributed by atoms with Gasteiger partial charge < -0.3 is 20.3 Å². The first-order chi connectivity index (χ1) is 10.8. The van der Waals surface area contributed by atoms with Crippen LogP contribution in [0.5, 0.6) is 0 Å². The molecule has 0 atom stereocenters. The maximum Gasteiger partial charge on any atom is 0.191 e. The average Bonchev–Trinajstić information content (AvgIpc) is 2.59. The zero-order chi connectivity index (χ0) is 15.6. The number of ether oxygens (including phenoxy) is 1. The molecular weight excluding hydrogens is 405 g/mol. The number of hydrogen-bond acceptors (Lipinski definition) is 4. The van der Waals surface area contributed by atoms with E-state index in [1.807, 2.05) is 12.3 Å². The number of methoxy groups -OCH3 is 1. The quantitative estimate of drug-likeness (QED) is 0.311. The Balaban J connectivity index is 0.00000264. The maximum absolute atomic E-state index is 5.02. The maximum atomic E-state index is 5.02. The average molecular weight is 433 g/mol. The standard InChI is InChI=1S/C16H27N5O.HI/c1-17-16(19-8-11-22-2)20-13-14-6-7-18-15(12-14)21-9-4-3-5-10-21;/h6-7,12H,3-5,8-11,13H2,1-2H3,(H2,17,19,20);1H. The summed E-state index contributed by atoms with van der Waals surface area (Å²) in [4.78, 5) is 11.1. The fraction of sp³-hybridized carbons (Fsp3) is 0.625. The zero-order valence-corrected chi connectivity index (χ0v) is 16.4. The Kier molecular flexibility index (Phi) is 9.93. The van der Waals surface area contributed by atoms with Crippen molar-refractivity contribution in [1.29, 1.82) is 0 Å². The Morgan fingerprint density at radius 3 is 2.78 bits per heavy atom. The molecule has 1 aromatic heterocycles. The van der Waals surface area contributed by atoms with E-state index in [0.717, 1.165) is 38.0 Å². The molecule has 0 unspecified atom stereocenters. The van der Waals surface area contributed by atoms with Gasteiger partial charge in [0.15, 0.2) is 5.96 Å². The van der Waals surface area contributed by atoms with E-state index < -0.39 is 0 Å². The largest absolute Gasteiger partial charge is 0.383 e. The molecule has 0 spiro atoms. The summed E-state index contributed by atoms with van der Waals surface area (Å²) in [5.74, 6) is 1.87. The molecule has 0 aromatic carbocycles. The number of guanidine groups is 1. The zero-order valence-electron chi connectivity index (χ0n) is 14.0. The van der Waals surface area contributed by atoms with Crippen LogP contribution in [0.2, 0.25) is 0 Å². The molecule has 1 aliphatic rings. The van der Waals surface area contributed by atoms with Gasteiger partial charge >= 0.3 is 0 Å². The van der Waals surface area contributed by atoms with Crippen LogP contribution in [0, 0.1) is 0 Å². The summed E-state index contributed by atoms with van der Waals surface area (Å²) < 4.78 is 5.02. The second-order valence-corrected chi connectivity index (χ2v) is 5.42. The minimum atomic E-state index is 0. The molecule has 23 heavy (non-hydrogen) atoms. The molecule has 1 aliphatic heterocycles. The lowest BCUT2D eigenvalue weighted by molar-refractivity contribution is 0.203. The van der Waals surface area contributed by atoms with Crippen molar-refractivity contribution in [3.05, 3.63) is 23.9 Å². The van der Waals surface area contributed by atoms with Crippen molar-refractivity contribution in [2.75, 3.05) is 45.3 Å². The van der Waals surface area contributed by atoms with Gasteiger partial charge in [-0.1, -0.05) is 0 Å². The molecule has 2 heterocycles.